The molecule has 0 spiro atoms. The Labute approximate surface area is 95.1 Å². The summed E-state index contributed by atoms with van der Waals surface area (Å²) in [6.07, 6.45) is 1.65. The van der Waals surface area contributed by atoms with E-state index in [2.05, 4.69) is 9.97 Å². The van der Waals surface area contributed by atoms with Gasteiger partial charge in [0.1, 0.15) is 5.82 Å². The number of nitrogens with zero attached hydrogens (tertiary/aromatic N) is 4. The molecule has 0 aromatic carbocycles. The molecule has 0 unspecified atom stereocenters. The number of nitrogens with two attached hydrogens (primary N) is 1. The Hall–Kier alpha value is -1.85. The highest BCUT2D eigenvalue weighted by Crippen LogP contribution is 2.15. The summed E-state index contributed by atoms with van der Waals surface area (Å²) in [5.41, 5.74) is 6.40. The Kier molecular flexibility index (Phi) is 3.65. The molecule has 0 saturated carbocycles. The number of likely N-dealkylation sites (N-methyl/N-ethyl adjacent to an activating group) is 2. The molecule has 0 aliphatic carbocycles. The molecule has 0 radical (unpaired) electrons. The van der Waals surface area contributed by atoms with Crippen LogP contribution in [0.25, 0.3) is 0 Å². The Morgan fingerprint density at radius 2 is 2.06 bits per heavy atom. The maximum atomic E-state index is 11.5. The van der Waals surface area contributed by atoms with E-state index in [0.29, 0.717) is 5.82 Å². The molecular weight excluding hydrogens is 206 g/mol. The predicted octanol–water partition coefficient (Wildman–Crippen LogP) is -0.108. The highest BCUT2D eigenvalue weighted by atomic mass is 16.2. The van der Waals surface area contributed by atoms with E-state index >= 15 is 0 Å². The van der Waals surface area contributed by atoms with Gasteiger partial charge in [-0.25, -0.2) is 4.98 Å². The van der Waals surface area contributed by atoms with Crippen LogP contribution in [0.15, 0.2) is 6.20 Å². The molecule has 0 fully saturated rings. The van der Waals surface area contributed by atoms with E-state index in [1.165, 1.54) is 4.90 Å². The summed E-state index contributed by atoms with van der Waals surface area (Å²) in [4.78, 5) is 22.8. The van der Waals surface area contributed by atoms with Gasteiger partial charge in [0, 0.05) is 32.9 Å². The lowest BCUT2D eigenvalue weighted by Crippen LogP contribution is -2.35. The van der Waals surface area contributed by atoms with Crippen molar-refractivity contribution >= 4 is 17.7 Å². The van der Waals surface area contributed by atoms with E-state index in [4.69, 9.17) is 5.73 Å². The number of aromatic nitrogens is 2. The van der Waals surface area contributed by atoms with Crippen molar-refractivity contribution < 1.29 is 4.79 Å². The van der Waals surface area contributed by atoms with Crippen molar-refractivity contribution in [1.82, 2.24) is 14.9 Å². The van der Waals surface area contributed by atoms with Crippen LogP contribution in [-0.2, 0) is 4.79 Å². The number of anilines is 2. The van der Waals surface area contributed by atoms with E-state index in [1.807, 2.05) is 6.92 Å². The third-order valence-electron chi connectivity index (χ3n) is 2.20. The molecule has 0 aliphatic heterocycles. The summed E-state index contributed by atoms with van der Waals surface area (Å²) in [5.74, 6) is 0.909. The monoisotopic (exact) mass is 223 g/mol. The van der Waals surface area contributed by atoms with Crippen molar-refractivity contribution in [3.8, 4) is 0 Å². The molecule has 88 valence electrons. The second-order valence-electron chi connectivity index (χ2n) is 3.88. The van der Waals surface area contributed by atoms with E-state index in [0.717, 1.165) is 5.56 Å². The van der Waals surface area contributed by atoms with Crippen LogP contribution >= 0.6 is 0 Å². The fourth-order valence-corrected chi connectivity index (χ4v) is 1.25. The minimum absolute atomic E-state index is 0.0130. The smallest absolute Gasteiger partial charge is 0.241 e. The zero-order valence-corrected chi connectivity index (χ0v) is 10.1. The molecule has 1 aromatic heterocycles. The summed E-state index contributed by atoms with van der Waals surface area (Å²) in [6.45, 7) is 2.15. The first-order valence-electron chi connectivity index (χ1n) is 4.92. The highest BCUT2D eigenvalue weighted by Gasteiger charge is 2.12. The molecular formula is C10H17N5O. The van der Waals surface area contributed by atoms with Gasteiger partial charge in [-0.05, 0) is 6.92 Å². The van der Waals surface area contributed by atoms with Crippen LogP contribution in [0.1, 0.15) is 5.56 Å². The molecule has 0 saturated heterocycles. The fourth-order valence-electron chi connectivity index (χ4n) is 1.25. The lowest BCUT2D eigenvalue weighted by Gasteiger charge is -2.21. The van der Waals surface area contributed by atoms with Gasteiger partial charge >= 0.3 is 0 Å². The van der Waals surface area contributed by atoms with Crippen LogP contribution in [0.2, 0.25) is 0 Å². The van der Waals surface area contributed by atoms with Gasteiger partial charge in [-0.2, -0.15) is 4.98 Å². The topological polar surface area (TPSA) is 75.3 Å². The maximum Gasteiger partial charge on any atom is 0.241 e. The summed E-state index contributed by atoms with van der Waals surface area (Å²) in [6, 6.07) is 0. The average molecular weight is 223 g/mol. The molecule has 0 aliphatic rings. The van der Waals surface area contributed by atoms with Crippen LogP contribution in [0, 0.1) is 6.92 Å². The molecule has 1 amide bonds. The molecule has 0 bridgehead atoms. The van der Waals surface area contributed by atoms with E-state index in [1.54, 1.807) is 32.2 Å². The van der Waals surface area contributed by atoms with Gasteiger partial charge in [0.25, 0.3) is 0 Å². The first-order chi connectivity index (χ1) is 7.41. The van der Waals surface area contributed by atoms with Gasteiger partial charge in [0.2, 0.25) is 11.9 Å². The van der Waals surface area contributed by atoms with Crippen molar-refractivity contribution in [2.24, 2.45) is 0 Å². The summed E-state index contributed by atoms with van der Waals surface area (Å²) in [5, 5.41) is 0. The van der Waals surface area contributed by atoms with Crippen molar-refractivity contribution in [2.75, 3.05) is 38.3 Å². The van der Waals surface area contributed by atoms with Crippen molar-refractivity contribution in [2.45, 2.75) is 6.92 Å². The second kappa shape index (κ2) is 4.78. The quantitative estimate of drug-likeness (QED) is 0.774. The first kappa shape index (κ1) is 12.2. The lowest BCUT2D eigenvalue weighted by atomic mass is 10.3. The van der Waals surface area contributed by atoms with Gasteiger partial charge in [-0.1, -0.05) is 0 Å². The normalized spacial score (nSPS) is 10.0. The zero-order valence-electron chi connectivity index (χ0n) is 10.1. The Morgan fingerprint density at radius 3 is 2.62 bits per heavy atom. The Bertz CT molecular complexity index is 391. The number of rotatable bonds is 3. The third-order valence-corrected chi connectivity index (χ3v) is 2.20. The molecule has 6 nitrogen and oxygen atoms in total. The molecule has 6 heteroatoms. The first-order valence-corrected chi connectivity index (χ1v) is 4.92. The fraction of sp³-hybridized carbons (Fsp3) is 0.500. The SMILES string of the molecule is Cc1cnc(N)nc1N(C)CC(=O)N(C)C. The van der Waals surface area contributed by atoms with Crippen LogP contribution in [0.5, 0.6) is 0 Å². The molecule has 2 N–H and O–H groups in total. The molecule has 1 aromatic rings. The number of carbonyl (C=O) groups excluding carboxylic acids is 1. The van der Waals surface area contributed by atoms with E-state index in [9.17, 15) is 4.79 Å². The summed E-state index contributed by atoms with van der Waals surface area (Å²) in [7, 11) is 5.24. The molecule has 0 atom stereocenters. The zero-order chi connectivity index (χ0) is 12.3. The standard InChI is InChI=1S/C10H17N5O/c1-7-5-12-10(11)13-9(7)15(4)6-8(16)14(2)3/h5H,6H2,1-4H3,(H2,11,12,13). The van der Waals surface area contributed by atoms with E-state index in [-0.39, 0.29) is 18.4 Å². The van der Waals surface area contributed by atoms with Crippen LogP contribution in [-0.4, -0.2) is 48.5 Å². The highest BCUT2D eigenvalue weighted by molar-refractivity contribution is 5.80. The van der Waals surface area contributed by atoms with Gasteiger partial charge in [-0.3, -0.25) is 4.79 Å². The number of amides is 1. The van der Waals surface area contributed by atoms with Crippen molar-refractivity contribution in [3.63, 3.8) is 0 Å². The second-order valence-corrected chi connectivity index (χ2v) is 3.88. The number of nitrogen functional groups attached to an aromatic ring is 1. The number of hydrogen-bond donors (Lipinski definition) is 1. The van der Waals surface area contributed by atoms with Gasteiger partial charge in [0.05, 0.1) is 6.54 Å². The van der Waals surface area contributed by atoms with Gasteiger partial charge in [-0.15, -0.1) is 0 Å². The molecule has 16 heavy (non-hydrogen) atoms. The third kappa shape index (κ3) is 2.82. The van der Waals surface area contributed by atoms with Crippen LogP contribution in [0.3, 0.4) is 0 Å². The predicted molar refractivity (Wildman–Crippen MR) is 63.1 cm³/mol. The number of hydrogen-bond acceptors (Lipinski definition) is 5. The Morgan fingerprint density at radius 1 is 1.44 bits per heavy atom. The minimum Gasteiger partial charge on any atom is -0.368 e. The molecule has 1 rings (SSSR count). The summed E-state index contributed by atoms with van der Waals surface area (Å²) < 4.78 is 0. The minimum atomic E-state index is 0.0130. The summed E-state index contributed by atoms with van der Waals surface area (Å²) >= 11 is 0. The van der Waals surface area contributed by atoms with Crippen LogP contribution < -0.4 is 10.6 Å². The van der Waals surface area contributed by atoms with Crippen molar-refractivity contribution in [1.29, 1.82) is 0 Å². The number of aryl methyl sites for hydroxylation is 1. The Balaban J connectivity index is 2.84. The van der Waals surface area contributed by atoms with Crippen molar-refractivity contribution in [3.05, 3.63) is 11.8 Å². The molecule has 1 heterocycles. The lowest BCUT2D eigenvalue weighted by molar-refractivity contribution is -0.127. The van der Waals surface area contributed by atoms with Gasteiger partial charge < -0.3 is 15.5 Å². The average Bonchev–Trinajstić information content (AvgIpc) is 2.21. The van der Waals surface area contributed by atoms with Crippen LogP contribution in [0.4, 0.5) is 11.8 Å². The van der Waals surface area contributed by atoms with Gasteiger partial charge in [0.15, 0.2) is 0 Å². The van der Waals surface area contributed by atoms with E-state index < -0.39 is 0 Å². The number of carbonyl (C=O) groups is 1. The largest absolute Gasteiger partial charge is 0.368 e. The maximum absolute atomic E-state index is 11.5.